The first kappa shape index (κ1) is 17.5. The van der Waals surface area contributed by atoms with Crippen LogP contribution in [0.25, 0.3) is 0 Å². The Hall–Kier alpha value is -1.84. The van der Waals surface area contributed by atoms with Gasteiger partial charge in [-0.1, -0.05) is 55.0 Å². The lowest BCUT2D eigenvalue weighted by Gasteiger charge is -2.22. The van der Waals surface area contributed by atoms with Gasteiger partial charge in [-0.3, -0.25) is 0 Å². The van der Waals surface area contributed by atoms with Crippen molar-refractivity contribution in [1.29, 1.82) is 0 Å². The van der Waals surface area contributed by atoms with E-state index in [1.54, 1.807) is 0 Å². The normalized spacial score (nSPS) is 13.5. The number of nitrogens with one attached hydrogen (secondary N) is 1. The first-order valence-electron chi connectivity index (χ1n) is 8.42. The highest BCUT2D eigenvalue weighted by molar-refractivity contribution is 5.26. The zero-order valence-electron chi connectivity index (χ0n) is 14.2. The Kier molecular flexibility index (Phi) is 7.11. The first-order valence-corrected chi connectivity index (χ1v) is 8.42. The summed E-state index contributed by atoms with van der Waals surface area (Å²) in [6.07, 6.45) is 0.648. The second-order valence-electron chi connectivity index (χ2n) is 6.14. The summed E-state index contributed by atoms with van der Waals surface area (Å²) in [6.45, 7) is 7.26. The van der Waals surface area contributed by atoms with Crippen molar-refractivity contribution in [1.82, 2.24) is 0 Å². The number of rotatable bonds is 9. The van der Waals surface area contributed by atoms with Crippen LogP contribution in [-0.2, 0) is 6.54 Å². The molecule has 0 bridgehead atoms. The van der Waals surface area contributed by atoms with E-state index in [-0.39, 0.29) is 0 Å². The summed E-state index contributed by atoms with van der Waals surface area (Å²) < 4.78 is 5.69. The Morgan fingerprint density at radius 3 is 2.39 bits per heavy atom. The molecule has 2 aromatic rings. The number of ether oxygens (including phenoxy) is 1. The second-order valence-corrected chi connectivity index (χ2v) is 6.14. The topological polar surface area (TPSA) is 33.9 Å². The van der Waals surface area contributed by atoms with Crippen molar-refractivity contribution in [2.45, 2.75) is 32.9 Å². The molecule has 0 aliphatic carbocycles. The van der Waals surface area contributed by atoms with Gasteiger partial charge >= 0.3 is 0 Å². The Labute approximate surface area is 139 Å². The fourth-order valence-corrected chi connectivity index (χ4v) is 2.72. The highest BCUT2D eigenvalue weighted by Gasteiger charge is 2.15. The summed E-state index contributed by atoms with van der Waals surface area (Å²) in [6, 6.07) is 18.4. The summed E-state index contributed by atoms with van der Waals surface area (Å²) in [7, 11) is 0. The number of hydrogen-bond donors (Lipinski definition) is 2. The fraction of sp³-hybridized carbons (Fsp3) is 0.400. The van der Waals surface area contributed by atoms with Crippen LogP contribution < -0.4 is 9.64 Å². The maximum Gasteiger partial charge on any atom is 0.137 e. The largest absolute Gasteiger partial charge is 0.491 e. The fourth-order valence-electron chi connectivity index (χ4n) is 2.72. The van der Waals surface area contributed by atoms with E-state index in [2.05, 4.69) is 31.2 Å². The minimum atomic E-state index is -0.457. The number of hydrogen-bond acceptors (Lipinski definition) is 2. The third kappa shape index (κ3) is 6.43. The monoisotopic (exact) mass is 314 g/mol. The van der Waals surface area contributed by atoms with E-state index in [1.165, 1.54) is 16.0 Å². The zero-order chi connectivity index (χ0) is 16.5. The Bertz CT molecular complexity index is 554. The molecule has 2 aromatic carbocycles. The Balaban J connectivity index is 1.82. The molecule has 0 aromatic heterocycles. The van der Waals surface area contributed by atoms with Crippen molar-refractivity contribution >= 4 is 0 Å². The van der Waals surface area contributed by atoms with Crippen molar-refractivity contribution in [3.63, 3.8) is 0 Å². The lowest BCUT2D eigenvalue weighted by molar-refractivity contribution is -0.917. The van der Waals surface area contributed by atoms with Gasteiger partial charge in [0.15, 0.2) is 0 Å². The number of aliphatic hydroxyl groups is 1. The summed E-state index contributed by atoms with van der Waals surface area (Å²) in [4.78, 5) is 1.39. The van der Waals surface area contributed by atoms with Crippen molar-refractivity contribution in [2.24, 2.45) is 0 Å². The SMILES string of the molecule is CCC[NH+](Cc1ccccc1)C[C@@H](O)COc1ccc(C)cc1. The van der Waals surface area contributed by atoms with Crippen LogP contribution in [0.15, 0.2) is 54.6 Å². The molecule has 3 nitrogen and oxygen atoms in total. The molecular weight excluding hydrogens is 286 g/mol. The quantitative estimate of drug-likeness (QED) is 0.744. The lowest BCUT2D eigenvalue weighted by atomic mass is 10.2. The van der Waals surface area contributed by atoms with E-state index in [9.17, 15) is 5.11 Å². The van der Waals surface area contributed by atoms with E-state index in [4.69, 9.17) is 4.74 Å². The molecule has 0 amide bonds. The van der Waals surface area contributed by atoms with Gasteiger partial charge in [-0.05, 0) is 25.5 Å². The van der Waals surface area contributed by atoms with Crippen LogP contribution in [0.2, 0.25) is 0 Å². The molecule has 2 rings (SSSR count). The third-order valence-electron chi connectivity index (χ3n) is 3.89. The first-order chi connectivity index (χ1) is 11.2. The van der Waals surface area contributed by atoms with E-state index >= 15 is 0 Å². The highest BCUT2D eigenvalue weighted by Crippen LogP contribution is 2.11. The third-order valence-corrected chi connectivity index (χ3v) is 3.89. The maximum absolute atomic E-state index is 10.3. The number of aryl methyl sites for hydroxylation is 1. The molecule has 1 unspecified atom stereocenters. The minimum absolute atomic E-state index is 0.338. The lowest BCUT2D eigenvalue weighted by Crippen LogP contribution is -3.12. The molecule has 2 N–H and O–H groups in total. The molecule has 0 aliphatic rings. The smallest absolute Gasteiger partial charge is 0.137 e. The molecule has 0 heterocycles. The van der Waals surface area contributed by atoms with Gasteiger partial charge in [0.2, 0.25) is 0 Å². The standard InChI is InChI=1S/C20H27NO2/c1-3-13-21(14-18-7-5-4-6-8-18)15-19(22)16-23-20-11-9-17(2)10-12-20/h4-12,19,22H,3,13-16H2,1-2H3/p+1/t19-/m1/s1. The van der Waals surface area contributed by atoms with Crippen molar-refractivity contribution in [3.05, 3.63) is 65.7 Å². The van der Waals surface area contributed by atoms with Crippen molar-refractivity contribution < 1.29 is 14.7 Å². The minimum Gasteiger partial charge on any atom is -0.491 e. The van der Waals surface area contributed by atoms with Gasteiger partial charge in [0.25, 0.3) is 0 Å². The molecule has 0 aliphatic heterocycles. The molecule has 0 saturated heterocycles. The zero-order valence-corrected chi connectivity index (χ0v) is 14.2. The van der Waals surface area contributed by atoms with Crippen molar-refractivity contribution in [2.75, 3.05) is 19.7 Å². The molecule has 23 heavy (non-hydrogen) atoms. The molecule has 3 heteroatoms. The van der Waals surface area contributed by atoms with Crippen LogP contribution in [0.1, 0.15) is 24.5 Å². The average molecular weight is 314 g/mol. The Morgan fingerprint density at radius 2 is 1.74 bits per heavy atom. The highest BCUT2D eigenvalue weighted by atomic mass is 16.5. The van der Waals surface area contributed by atoms with E-state index in [0.717, 1.165) is 25.3 Å². The predicted molar refractivity (Wildman–Crippen MR) is 93.8 cm³/mol. The van der Waals surface area contributed by atoms with Crippen LogP contribution in [0.3, 0.4) is 0 Å². The van der Waals surface area contributed by atoms with Gasteiger partial charge in [0.05, 0.1) is 6.54 Å². The van der Waals surface area contributed by atoms with Gasteiger partial charge in [0.1, 0.15) is 31.5 Å². The average Bonchev–Trinajstić information content (AvgIpc) is 2.55. The summed E-state index contributed by atoms with van der Waals surface area (Å²) in [5.74, 6) is 0.815. The number of benzene rings is 2. The van der Waals surface area contributed by atoms with Crippen LogP contribution in [-0.4, -0.2) is 30.9 Å². The molecule has 2 atom stereocenters. The molecule has 0 spiro atoms. The molecular formula is C20H28NO2+. The molecule has 124 valence electrons. The number of aliphatic hydroxyl groups excluding tert-OH is 1. The number of quaternary nitrogens is 1. The predicted octanol–water partition coefficient (Wildman–Crippen LogP) is 2.23. The summed E-state index contributed by atoms with van der Waals surface area (Å²) in [5, 5.41) is 10.3. The van der Waals surface area contributed by atoms with Crippen LogP contribution >= 0.6 is 0 Å². The van der Waals surface area contributed by atoms with Crippen molar-refractivity contribution in [3.8, 4) is 5.75 Å². The van der Waals surface area contributed by atoms with Crippen LogP contribution in [0.5, 0.6) is 5.75 Å². The van der Waals surface area contributed by atoms with Crippen LogP contribution in [0, 0.1) is 6.92 Å². The van der Waals surface area contributed by atoms with Gasteiger partial charge in [-0.25, -0.2) is 0 Å². The maximum atomic E-state index is 10.3. The van der Waals surface area contributed by atoms with Gasteiger partial charge in [-0.15, -0.1) is 0 Å². The van der Waals surface area contributed by atoms with E-state index in [1.807, 2.05) is 37.3 Å². The van der Waals surface area contributed by atoms with Gasteiger partial charge in [-0.2, -0.15) is 0 Å². The van der Waals surface area contributed by atoms with Gasteiger partial charge < -0.3 is 14.7 Å². The van der Waals surface area contributed by atoms with Crippen LogP contribution in [0.4, 0.5) is 0 Å². The Morgan fingerprint density at radius 1 is 1.04 bits per heavy atom. The van der Waals surface area contributed by atoms with E-state index < -0.39 is 6.10 Å². The molecule has 0 saturated carbocycles. The summed E-state index contributed by atoms with van der Waals surface area (Å²) >= 11 is 0. The molecule has 0 fully saturated rings. The molecule has 0 radical (unpaired) electrons. The summed E-state index contributed by atoms with van der Waals surface area (Å²) in [5.41, 5.74) is 2.52. The van der Waals surface area contributed by atoms with Gasteiger partial charge in [0, 0.05) is 5.56 Å². The second kappa shape index (κ2) is 9.33. The van der Waals surface area contributed by atoms with E-state index in [0.29, 0.717) is 13.2 Å².